The average Bonchev–Trinajstić information content (AvgIpc) is 3.27. The molecular weight excluding hydrogens is 450 g/mol. The van der Waals surface area contributed by atoms with Crippen LogP contribution in [-0.2, 0) is 11.3 Å². The van der Waals surface area contributed by atoms with E-state index in [2.05, 4.69) is 65.3 Å². The van der Waals surface area contributed by atoms with Crippen LogP contribution in [0.2, 0.25) is 0 Å². The summed E-state index contributed by atoms with van der Waals surface area (Å²) in [6, 6.07) is 30.8. The lowest BCUT2D eigenvalue weighted by Gasteiger charge is -2.12. The lowest BCUT2D eigenvalue weighted by atomic mass is 10.0. The molecule has 178 valence electrons. The minimum absolute atomic E-state index is 0.0657. The number of imidazole rings is 1. The van der Waals surface area contributed by atoms with Crippen molar-refractivity contribution < 1.29 is 4.79 Å². The first kappa shape index (κ1) is 24.6. The molecule has 3 aromatic carbocycles. The van der Waals surface area contributed by atoms with E-state index in [4.69, 9.17) is 4.98 Å². The smallest absolute Gasteiger partial charge is 0.243 e. The summed E-state index contributed by atoms with van der Waals surface area (Å²) >= 11 is 1.76. The van der Waals surface area contributed by atoms with E-state index in [-0.39, 0.29) is 5.91 Å². The normalized spacial score (nSPS) is 11.1. The van der Waals surface area contributed by atoms with Gasteiger partial charge in [0.05, 0.1) is 11.4 Å². The van der Waals surface area contributed by atoms with Crippen molar-refractivity contribution in [2.75, 3.05) is 12.3 Å². The zero-order valence-corrected chi connectivity index (χ0v) is 20.9. The Morgan fingerprint density at radius 2 is 1.54 bits per heavy atom. The lowest BCUT2D eigenvalue weighted by Crippen LogP contribution is -2.22. The lowest BCUT2D eigenvalue weighted by molar-refractivity contribution is -0.116. The van der Waals surface area contributed by atoms with Crippen molar-refractivity contribution in [2.45, 2.75) is 31.5 Å². The van der Waals surface area contributed by atoms with Crippen LogP contribution in [0.1, 0.15) is 25.3 Å². The van der Waals surface area contributed by atoms with Gasteiger partial charge < -0.3 is 9.88 Å². The molecule has 0 saturated carbocycles. The molecule has 0 aliphatic carbocycles. The molecule has 0 spiro atoms. The van der Waals surface area contributed by atoms with Gasteiger partial charge in [-0.25, -0.2) is 4.98 Å². The summed E-state index contributed by atoms with van der Waals surface area (Å²) in [7, 11) is 0. The second kappa shape index (κ2) is 12.8. The molecule has 4 aromatic rings. The van der Waals surface area contributed by atoms with Gasteiger partial charge in [0.2, 0.25) is 5.91 Å². The predicted octanol–water partition coefficient (Wildman–Crippen LogP) is 6.94. The fourth-order valence-corrected chi connectivity index (χ4v) is 4.87. The van der Waals surface area contributed by atoms with Crippen molar-refractivity contribution in [1.29, 1.82) is 0 Å². The van der Waals surface area contributed by atoms with Crippen LogP contribution < -0.4 is 5.32 Å². The maximum atomic E-state index is 12.1. The second-order valence-electron chi connectivity index (χ2n) is 8.21. The summed E-state index contributed by atoms with van der Waals surface area (Å²) in [5.41, 5.74) is 5.51. The molecule has 0 unspecified atom stereocenters. The van der Waals surface area contributed by atoms with Crippen LogP contribution in [0, 0.1) is 0 Å². The fourth-order valence-electron chi connectivity index (χ4n) is 3.90. The molecule has 0 radical (unpaired) electrons. The number of benzene rings is 3. The summed E-state index contributed by atoms with van der Waals surface area (Å²) < 4.78 is 2.35. The van der Waals surface area contributed by atoms with Crippen LogP contribution in [0.4, 0.5) is 0 Å². The molecule has 4 nitrogen and oxygen atoms in total. The van der Waals surface area contributed by atoms with Crippen LogP contribution in [0.25, 0.3) is 28.6 Å². The van der Waals surface area contributed by atoms with E-state index >= 15 is 0 Å². The topological polar surface area (TPSA) is 46.9 Å². The molecule has 1 amide bonds. The van der Waals surface area contributed by atoms with Crippen molar-refractivity contribution in [3.05, 3.63) is 103 Å². The molecule has 1 N–H and O–H groups in total. The molecule has 0 aliphatic heterocycles. The molecule has 1 heterocycles. The Hall–Kier alpha value is -3.57. The molecule has 0 fully saturated rings. The van der Waals surface area contributed by atoms with E-state index < -0.39 is 0 Å². The van der Waals surface area contributed by atoms with Crippen molar-refractivity contribution in [1.82, 2.24) is 14.9 Å². The Morgan fingerprint density at radius 1 is 0.914 bits per heavy atom. The largest absolute Gasteiger partial charge is 0.353 e. The Labute approximate surface area is 212 Å². The molecule has 0 saturated heterocycles. The summed E-state index contributed by atoms with van der Waals surface area (Å²) in [5, 5.41) is 4.01. The van der Waals surface area contributed by atoms with Crippen molar-refractivity contribution >= 4 is 23.7 Å². The first-order chi connectivity index (χ1) is 17.3. The zero-order valence-electron chi connectivity index (χ0n) is 20.1. The Balaban J connectivity index is 1.43. The number of rotatable bonds is 11. The van der Waals surface area contributed by atoms with Crippen LogP contribution in [-0.4, -0.2) is 27.8 Å². The highest BCUT2D eigenvalue weighted by atomic mass is 32.2. The fraction of sp³-hybridized carbons (Fsp3) is 0.200. The molecule has 0 aliphatic rings. The highest BCUT2D eigenvalue weighted by molar-refractivity contribution is 7.99. The number of thioether (sulfide) groups is 1. The maximum absolute atomic E-state index is 12.1. The van der Waals surface area contributed by atoms with Crippen LogP contribution in [0.15, 0.2) is 102 Å². The number of carbonyl (C=O) groups is 1. The second-order valence-corrected chi connectivity index (χ2v) is 9.27. The number of amides is 1. The molecule has 0 atom stereocenters. The van der Waals surface area contributed by atoms with Crippen molar-refractivity contribution in [3.63, 3.8) is 0 Å². The molecule has 1 aromatic heterocycles. The Morgan fingerprint density at radius 3 is 2.20 bits per heavy atom. The quantitative estimate of drug-likeness (QED) is 0.143. The van der Waals surface area contributed by atoms with Gasteiger partial charge in [0, 0.05) is 36.0 Å². The highest BCUT2D eigenvalue weighted by Gasteiger charge is 2.19. The third-order valence-corrected chi connectivity index (χ3v) is 6.62. The van der Waals surface area contributed by atoms with E-state index in [1.54, 1.807) is 17.8 Å². The molecule has 35 heavy (non-hydrogen) atoms. The molecular formula is C30H31N3OS. The van der Waals surface area contributed by atoms with Gasteiger partial charge in [-0.2, -0.15) is 0 Å². The minimum atomic E-state index is -0.0657. The van der Waals surface area contributed by atoms with Gasteiger partial charge in [-0.1, -0.05) is 110 Å². The number of hydrogen-bond acceptors (Lipinski definition) is 3. The molecule has 5 heteroatoms. The third-order valence-electron chi connectivity index (χ3n) is 5.55. The van der Waals surface area contributed by atoms with Gasteiger partial charge in [0.25, 0.3) is 0 Å². The SMILES string of the molecule is CCCn1c(SCCCNC(=O)/C=C/c2ccccc2)nc(-c2ccccc2)c1-c1ccccc1. The maximum Gasteiger partial charge on any atom is 0.243 e. The summed E-state index contributed by atoms with van der Waals surface area (Å²) in [5.74, 6) is 0.815. The standard InChI is InChI=1S/C30H31N3OS/c1-2-22-33-29(26-17-10-5-11-18-26)28(25-15-8-4-9-16-25)32-30(33)35-23-12-21-31-27(34)20-19-24-13-6-3-7-14-24/h3-11,13-20H,2,12,21-23H2,1H3,(H,31,34)/b20-19+. The number of nitrogens with one attached hydrogen (secondary N) is 1. The van der Waals surface area contributed by atoms with Crippen molar-refractivity contribution in [3.8, 4) is 22.5 Å². The molecule has 0 bridgehead atoms. The summed E-state index contributed by atoms with van der Waals surface area (Å²) in [4.78, 5) is 17.2. The van der Waals surface area contributed by atoms with E-state index in [0.29, 0.717) is 6.54 Å². The third kappa shape index (κ3) is 6.74. The Kier molecular flexibility index (Phi) is 8.96. The first-order valence-corrected chi connectivity index (χ1v) is 13.1. The number of aromatic nitrogens is 2. The average molecular weight is 482 g/mol. The van der Waals surface area contributed by atoms with Gasteiger partial charge in [0.15, 0.2) is 5.16 Å². The van der Waals surface area contributed by atoms with Crippen LogP contribution in [0.5, 0.6) is 0 Å². The monoisotopic (exact) mass is 481 g/mol. The van der Waals surface area contributed by atoms with Crippen LogP contribution in [0.3, 0.4) is 0 Å². The summed E-state index contributed by atoms with van der Waals surface area (Å²) in [6.07, 6.45) is 5.33. The van der Waals surface area contributed by atoms with Crippen LogP contribution >= 0.6 is 11.8 Å². The summed E-state index contributed by atoms with van der Waals surface area (Å²) in [6.45, 7) is 3.74. The van der Waals surface area contributed by atoms with E-state index in [1.807, 2.05) is 48.5 Å². The predicted molar refractivity (Wildman–Crippen MR) is 147 cm³/mol. The van der Waals surface area contributed by atoms with Gasteiger partial charge in [-0.3, -0.25) is 4.79 Å². The number of nitrogens with zero attached hydrogens (tertiary/aromatic N) is 2. The number of hydrogen-bond donors (Lipinski definition) is 1. The molecule has 4 rings (SSSR count). The van der Waals surface area contributed by atoms with Gasteiger partial charge >= 0.3 is 0 Å². The van der Waals surface area contributed by atoms with E-state index in [9.17, 15) is 4.79 Å². The van der Waals surface area contributed by atoms with E-state index in [1.165, 1.54) is 11.3 Å². The van der Waals surface area contributed by atoms with Crippen molar-refractivity contribution in [2.24, 2.45) is 0 Å². The zero-order chi connectivity index (χ0) is 24.3. The minimum Gasteiger partial charge on any atom is -0.353 e. The Bertz CT molecular complexity index is 1230. The number of carbonyl (C=O) groups excluding carboxylic acids is 1. The van der Waals surface area contributed by atoms with Gasteiger partial charge in [-0.05, 0) is 24.5 Å². The highest BCUT2D eigenvalue weighted by Crippen LogP contribution is 2.36. The first-order valence-electron chi connectivity index (χ1n) is 12.1. The van der Waals surface area contributed by atoms with E-state index in [0.717, 1.165) is 47.1 Å². The van der Waals surface area contributed by atoms with Gasteiger partial charge in [-0.15, -0.1) is 0 Å². The van der Waals surface area contributed by atoms with Gasteiger partial charge in [0.1, 0.15) is 0 Å².